The maximum atomic E-state index is 13.9. The molecule has 192 valence electrons. The quantitative estimate of drug-likeness (QED) is 0.573. The SMILES string of the molecule is CCOc1ccc2c(c1)OCCC2(C(C)NC(=O)N1CC(C)=C(CC)C1=O)S(=O)(=O)N(C)C(N)=O. The number of nitrogens with one attached hydrogen (secondary N) is 1. The molecule has 0 aromatic heterocycles. The molecule has 12 heteroatoms. The van der Waals surface area contributed by atoms with Crippen molar-refractivity contribution in [1.29, 1.82) is 0 Å². The van der Waals surface area contributed by atoms with Crippen molar-refractivity contribution in [2.75, 3.05) is 26.8 Å². The fourth-order valence-corrected chi connectivity index (χ4v) is 6.75. The summed E-state index contributed by atoms with van der Waals surface area (Å²) in [6, 6.07) is 1.78. The van der Waals surface area contributed by atoms with Crippen LogP contribution in [0.3, 0.4) is 0 Å². The number of urea groups is 2. The van der Waals surface area contributed by atoms with Crippen molar-refractivity contribution in [3.63, 3.8) is 0 Å². The van der Waals surface area contributed by atoms with E-state index in [0.717, 1.165) is 17.5 Å². The Morgan fingerprint density at radius 3 is 2.60 bits per heavy atom. The van der Waals surface area contributed by atoms with Gasteiger partial charge in [-0.05, 0) is 44.9 Å². The smallest absolute Gasteiger partial charge is 0.328 e. The first-order chi connectivity index (χ1) is 16.4. The molecule has 2 heterocycles. The van der Waals surface area contributed by atoms with E-state index in [1.54, 1.807) is 25.1 Å². The highest BCUT2D eigenvalue weighted by Gasteiger charge is 2.56. The zero-order chi connectivity index (χ0) is 26.1. The van der Waals surface area contributed by atoms with E-state index in [2.05, 4.69) is 5.32 Å². The Morgan fingerprint density at radius 1 is 1.34 bits per heavy atom. The van der Waals surface area contributed by atoms with Crippen LogP contribution in [-0.4, -0.2) is 68.4 Å². The van der Waals surface area contributed by atoms with E-state index < -0.39 is 38.8 Å². The summed E-state index contributed by atoms with van der Waals surface area (Å²) in [6.07, 6.45) is 0.416. The third-order valence-electron chi connectivity index (χ3n) is 6.63. The Balaban J connectivity index is 2.07. The van der Waals surface area contributed by atoms with Crippen LogP contribution < -0.4 is 20.5 Å². The van der Waals surface area contributed by atoms with Crippen molar-refractivity contribution in [1.82, 2.24) is 14.5 Å². The topological polar surface area (TPSA) is 148 Å². The lowest BCUT2D eigenvalue weighted by atomic mass is 9.86. The molecule has 1 aromatic carbocycles. The van der Waals surface area contributed by atoms with Crippen LogP contribution in [0.4, 0.5) is 9.59 Å². The first-order valence-corrected chi connectivity index (χ1v) is 12.8. The van der Waals surface area contributed by atoms with Gasteiger partial charge in [-0.2, -0.15) is 0 Å². The zero-order valence-corrected chi connectivity index (χ0v) is 21.4. The highest BCUT2D eigenvalue weighted by molar-refractivity contribution is 7.90. The van der Waals surface area contributed by atoms with Gasteiger partial charge in [-0.25, -0.2) is 22.3 Å². The van der Waals surface area contributed by atoms with E-state index in [-0.39, 0.29) is 30.9 Å². The molecule has 0 fully saturated rings. The minimum Gasteiger partial charge on any atom is -0.494 e. The van der Waals surface area contributed by atoms with E-state index >= 15 is 0 Å². The maximum Gasteiger partial charge on any atom is 0.328 e. The second-order valence-corrected chi connectivity index (χ2v) is 10.8. The average Bonchev–Trinajstić information content (AvgIpc) is 3.10. The Bertz CT molecular complexity index is 1180. The number of fused-ring (bicyclic) bond motifs is 1. The van der Waals surface area contributed by atoms with Gasteiger partial charge in [0.15, 0.2) is 0 Å². The third kappa shape index (κ3) is 4.30. The Labute approximate surface area is 205 Å². The Kier molecular flexibility index (Phi) is 7.34. The van der Waals surface area contributed by atoms with Crippen molar-refractivity contribution in [2.45, 2.75) is 51.3 Å². The molecular formula is C23H32N4O7S. The highest BCUT2D eigenvalue weighted by atomic mass is 32.2. The molecule has 35 heavy (non-hydrogen) atoms. The van der Waals surface area contributed by atoms with E-state index in [4.69, 9.17) is 15.2 Å². The lowest BCUT2D eigenvalue weighted by molar-refractivity contribution is -0.123. The fraction of sp³-hybridized carbons (Fsp3) is 0.522. The number of imide groups is 1. The Morgan fingerprint density at radius 2 is 2.03 bits per heavy atom. The van der Waals surface area contributed by atoms with Gasteiger partial charge in [-0.3, -0.25) is 9.69 Å². The fourth-order valence-electron chi connectivity index (χ4n) is 4.73. The second-order valence-electron chi connectivity index (χ2n) is 8.56. The number of sulfonamides is 1. The molecule has 0 saturated heterocycles. The molecule has 2 aliphatic rings. The molecular weight excluding hydrogens is 476 g/mol. The van der Waals surface area contributed by atoms with Gasteiger partial charge in [0.1, 0.15) is 16.2 Å². The molecule has 3 rings (SSSR count). The minimum absolute atomic E-state index is 0.00207. The van der Waals surface area contributed by atoms with Crippen molar-refractivity contribution in [3.05, 3.63) is 34.9 Å². The summed E-state index contributed by atoms with van der Waals surface area (Å²) >= 11 is 0. The molecule has 11 nitrogen and oxygen atoms in total. The summed E-state index contributed by atoms with van der Waals surface area (Å²) in [4.78, 5) is 38.9. The largest absolute Gasteiger partial charge is 0.494 e. The number of nitrogens with zero attached hydrogens (tertiary/aromatic N) is 2. The molecule has 0 bridgehead atoms. The molecule has 1 aromatic rings. The number of carbonyl (C=O) groups is 3. The number of nitrogens with two attached hydrogens (primary N) is 1. The van der Waals surface area contributed by atoms with Crippen LogP contribution in [-0.2, 0) is 19.6 Å². The average molecular weight is 509 g/mol. The van der Waals surface area contributed by atoms with Gasteiger partial charge in [0.2, 0.25) is 0 Å². The van der Waals surface area contributed by atoms with Gasteiger partial charge < -0.3 is 20.5 Å². The lowest BCUT2D eigenvalue weighted by Crippen LogP contribution is -2.61. The molecule has 2 aliphatic heterocycles. The van der Waals surface area contributed by atoms with Gasteiger partial charge in [-0.15, -0.1) is 0 Å². The van der Waals surface area contributed by atoms with Crippen molar-refractivity contribution < 1.29 is 32.3 Å². The third-order valence-corrected chi connectivity index (χ3v) is 9.23. The molecule has 0 saturated carbocycles. The summed E-state index contributed by atoms with van der Waals surface area (Å²) in [5.41, 5.74) is 6.95. The van der Waals surface area contributed by atoms with Gasteiger partial charge in [0.25, 0.3) is 15.9 Å². The number of rotatable bonds is 7. The predicted molar refractivity (Wildman–Crippen MR) is 128 cm³/mol. The normalized spacial score (nSPS) is 20.7. The molecule has 5 amide bonds. The van der Waals surface area contributed by atoms with Crippen molar-refractivity contribution in [3.8, 4) is 11.5 Å². The zero-order valence-electron chi connectivity index (χ0n) is 20.6. The number of benzene rings is 1. The van der Waals surface area contributed by atoms with Gasteiger partial charge >= 0.3 is 12.1 Å². The second kappa shape index (κ2) is 9.76. The van der Waals surface area contributed by atoms with Crippen molar-refractivity contribution >= 4 is 28.0 Å². The number of carbonyl (C=O) groups excluding carboxylic acids is 3. The van der Waals surface area contributed by atoms with Crippen LogP contribution in [0.5, 0.6) is 11.5 Å². The first-order valence-electron chi connectivity index (χ1n) is 11.4. The van der Waals surface area contributed by atoms with E-state index in [9.17, 15) is 22.8 Å². The molecule has 2 unspecified atom stereocenters. The summed E-state index contributed by atoms with van der Waals surface area (Å²) in [5.74, 6) is 0.332. The molecule has 0 spiro atoms. The minimum atomic E-state index is -4.46. The number of primary amides is 1. The lowest BCUT2D eigenvalue weighted by Gasteiger charge is -2.44. The van der Waals surface area contributed by atoms with Crippen LogP contribution in [0.2, 0.25) is 0 Å². The highest BCUT2D eigenvalue weighted by Crippen LogP contribution is 2.47. The number of ether oxygens (including phenoxy) is 2. The standard InChI is InChI=1S/C23H32N4O7S/c1-6-17-14(3)13-27(20(17)28)22(30)25-15(4)23(35(31,32)26(5)21(24)29)10-11-34-19-12-16(33-7-2)8-9-18(19)23/h8-9,12,15H,6-7,10-11,13H2,1-5H3,(H2,24,29)(H,25,30). The summed E-state index contributed by atoms with van der Waals surface area (Å²) < 4.78 is 37.7. The van der Waals surface area contributed by atoms with Gasteiger partial charge in [0, 0.05) is 30.7 Å². The summed E-state index contributed by atoms with van der Waals surface area (Å²) in [6.45, 7) is 7.47. The summed E-state index contributed by atoms with van der Waals surface area (Å²) in [7, 11) is -3.39. The number of hydrogen-bond donors (Lipinski definition) is 2. The van der Waals surface area contributed by atoms with E-state index in [1.165, 1.54) is 6.92 Å². The monoisotopic (exact) mass is 508 g/mol. The van der Waals surface area contributed by atoms with E-state index in [0.29, 0.717) is 28.7 Å². The molecule has 0 radical (unpaired) electrons. The van der Waals surface area contributed by atoms with Crippen molar-refractivity contribution in [2.24, 2.45) is 5.73 Å². The summed E-state index contributed by atoms with van der Waals surface area (Å²) in [5, 5.41) is 2.70. The van der Waals surface area contributed by atoms with Gasteiger partial charge in [-0.1, -0.05) is 6.92 Å². The number of hydrogen-bond acceptors (Lipinski definition) is 7. The van der Waals surface area contributed by atoms with Crippen LogP contribution in [0, 0.1) is 0 Å². The number of amides is 5. The predicted octanol–water partition coefficient (Wildman–Crippen LogP) is 2.07. The molecule has 2 atom stereocenters. The van der Waals surface area contributed by atoms with Crippen LogP contribution in [0.15, 0.2) is 29.3 Å². The maximum absolute atomic E-state index is 13.9. The first kappa shape index (κ1) is 26.3. The molecule has 3 N–H and O–H groups in total. The van der Waals surface area contributed by atoms with Crippen LogP contribution in [0.25, 0.3) is 0 Å². The van der Waals surface area contributed by atoms with Crippen LogP contribution in [0.1, 0.15) is 46.1 Å². The van der Waals surface area contributed by atoms with Crippen LogP contribution >= 0.6 is 0 Å². The van der Waals surface area contributed by atoms with E-state index in [1.807, 2.05) is 13.8 Å². The Hall–Kier alpha value is -3.28. The van der Waals surface area contributed by atoms with Gasteiger partial charge in [0.05, 0.1) is 25.8 Å². The molecule has 0 aliphatic carbocycles.